The van der Waals surface area contributed by atoms with Crippen molar-refractivity contribution in [2.45, 2.75) is 6.92 Å². The molecular weight excluding hydrogens is 170 g/mol. The minimum atomic E-state index is -0.530. The van der Waals surface area contributed by atoms with Crippen LogP contribution in [-0.2, 0) is 9.59 Å². The summed E-state index contributed by atoms with van der Waals surface area (Å²) < 4.78 is 0. The van der Waals surface area contributed by atoms with Gasteiger partial charge < -0.3 is 16.4 Å². The molecule has 5 nitrogen and oxygen atoms in total. The van der Waals surface area contributed by atoms with Crippen LogP contribution in [0.5, 0.6) is 0 Å². The van der Waals surface area contributed by atoms with Crippen molar-refractivity contribution in [3.63, 3.8) is 0 Å². The number of amides is 2. The number of hydrogen-bond acceptors (Lipinski definition) is 3. The van der Waals surface area contributed by atoms with Crippen molar-refractivity contribution in [1.29, 1.82) is 0 Å². The molecule has 0 spiro atoms. The largest absolute Gasteiger partial charge is 0.368 e. The second-order valence-electron chi connectivity index (χ2n) is 2.98. The standard InChI is InChI=1S/C8H13N3O2/c1-5(6-2-10-3-6)8(13)11-4-7(9)12/h10H,2-4H2,1H3,(H2,9,12)(H,11,13). The lowest BCUT2D eigenvalue weighted by Crippen LogP contribution is -2.39. The smallest absolute Gasteiger partial charge is 0.247 e. The molecule has 0 radical (unpaired) electrons. The number of carbonyl (C=O) groups is 2. The topological polar surface area (TPSA) is 84.2 Å². The quantitative estimate of drug-likeness (QED) is 0.466. The first-order chi connectivity index (χ1) is 6.11. The highest BCUT2D eigenvalue weighted by Gasteiger charge is 2.15. The fourth-order valence-electron chi connectivity index (χ4n) is 0.976. The second kappa shape index (κ2) is 4.04. The molecular formula is C8H13N3O2. The van der Waals surface area contributed by atoms with Gasteiger partial charge in [-0.3, -0.25) is 9.59 Å². The molecule has 1 saturated heterocycles. The SMILES string of the molecule is CC(C(=O)NCC(N)=O)=C1CNC1. The Morgan fingerprint density at radius 3 is 2.54 bits per heavy atom. The van der Waals surface area contributed by atoms with Gasteiger partial charge in [0.1, 0.15) is 0 Å². The van der Waals surface area contributed by atoms with Crippen molar-refractivity contribution < 1.29 is 9.59 Å². The van der Waals surface area contributed by atoms with Gasteiger partial charge in [-0.15, -0.1) is 0 Å². The normalized spacial score (nSPS) is 14.7. The van der Waals surface area contributed by atoms with Crippen LogP contribution in [-0.4, -0.2) is 31.4 Å². The minimum absolute atomic E-state index is 0.100. The van der Waals surface area contributed by atoms with Crippen molar-refractivity contribution in [1.82, 2.24) is 10.6 Å². The van der Waals surface area contributed by atoms with Crippen molar-refractivity contribution >= 4 is 11.8 Å². The van der Waals surface area contributed by atoms with E-state index in [0.717, 1.165) is 18.7 Å². The average Bonchev–Trinajstić information content (AvgIpc) is 1.96. The highest BCUT2D eigenvalue weighted by Crippen LogP contribution is 2.07. The van der Waals surface area contributed by atoms with Crippen LogP contribution < -0.4 is 16.4 Å². The van der Waals surface area contributed by atoms with E-state index in [1.165, 1.54) is 0 Å². The third-order valence-electron chi connectivity index (χ3n) is 1.97. The number of rotatable bonds is 3. The van der Waals surface area contributed by atoms with Gasteiger partial charge in [0, 0.05) is 18.7 Å². The van der Waals surface area contributed by atoms with E-state index in [-0.39, 0.29) is 12.5 Å². The molecule has 1 heterocycles. The van der Waals surface area contributed by atoms with Gasteiger partial charge in [-0.1, -0.05) is 0 Å². The lowest BCUT2D eigenvalue weighted by Gasteiger charge is -2.21. The lowest BCUT2D eigenvalue weighted by molar-refractivity contribution is -0.122. The van der Waals surface area contributed by atoms with E-state index in [0.29, 0.717) is 5.57 Å². The fraction of sp³-hybridized carbons (Fsp3) is 0.500. The maximum atomic E-state index is 11.3. The lowest BCUT2D eigenvalue weighted by atomic mass is 10.0. The Bertz CT molecular complexity index is 265. The van der Waals surface area contributed by atoms with E-state index in [4.69, 9.17) is 5.73 Å². The maximum Gasteiger partial charge on any atom is 0.247 e. The van der Waals surface area contributed by atoms with Gasteiger partial charge in [-0.25, -0.2) is 0 Å². The molecule has 5 heteroatoms. The third-order valence-corrected chi connectivity index (χ3v) is 1.97. The second-order valence-corrected chi connectivity index (χ2v) is 2.98. The first-order valence-corrected chi connectivity index (χ1v) is 4.07. The van der Waals surface area contributed by atoms with E-state index in [1.54, 1.807) is 6.92 Å². The summed E-state index contributed by atoms with van der Waals surface area (Å²) in [6, 6.07) is 0. The van der Waals surface area contributed by atoms with Crippen LogP contribution in [0.3, 0.4) is 0 Å². The zero-order chi connectivity index (χ0) is 9.84. The van der Waals surface area contributed by atoms with Crippen molar-refractivity contribution in [2.24, 2.45) is 5.73 Å². The van der Waals surface area contributed by atoms with Crippen LogP contribution in [0, 0.1) is 0 Å². The Labute approximate surface area is 76.4 Å². The molecule has 1 rings (SSSR count). The van der Waals surface area contributed by atoms with Crippen molar-refractivity contribution in [3.05, 3.63) is 11.1 Å². The third kappa shape index (κ3) is 2.55. The molecule has 1 aliphatic heterocycles. The number of nitrogens with two attached hydrogens (primary N) is 1. The summed E-state index contributed by atoms with van der Waals surface area (Å²) in [5, 5.41) is 5.46. The molecule has 1 fully saturated rings. The predicted molar refractivity (Wildman–Crippen MR) is 47.8 cm³/mol. The van der Waals surface area contributed by atoms with Gasteiger partial charge in [0.25, 0.3) is 0 Å². The fourth-order valence-corrected chi connectivity index (χ4v) is 0.976. The van der Waals surface area contributed by atoms with Gasteiger partial charge >= 0.3 is 0 Å². The summed E-state index contributed by atoms with van der Waals surface area (Å²) in [6.07, 6.45) is 0. The molecule has 0 aromatic heterocycles. The van der Waals surface area contributed by atoms with Crippen LogP contribution in [0.15, 0.2) is 11.1 Å². The Kier molecular flexibility index (Phi) is 3.02. The van der Waals surface area contributed by atoms with Crippen LogP contribution in [0.1, 0.15) is 6.92 Å². The molecule has 0 bridgehead atoms. The Balaban J connectivity index is 2.43. The highest BCUT2D eigenvalue weighted by molar-refractivity contribution is 5.96. The van der Waals surface area contributed by atoms with E-state index in [1.807, 2.05) is 0 Å². The van der Waals surface area contributed by atoms with E-state index in [9.17, 15) is 9.59 Å². The molecule has 0 aromatic rings. The summed E-state index contributed by atoms with van der Waals surface area (Å²) in [7, 11) is 0. The molecule has 0 saturated carbocycles. The van der Waals surface area contributed by atoms with Crippen LogP contribution >= 0.6 is 0 Å². The first-order valence-electron chi connectivity index (χ1n) is 4.07. The zero-order valence-corrected chi connectivity index (χ0v) is 7.52. The molecule has 0 unspecified atom stereocenters. The Morgan fingerprint density at radius 1 is 1.54 bits per heavy atom. The van der Waals surface area contributed by atoms with Crippen LogP contribution in [0.25, 0.3) is 0 Å². The summed E-state index contributed by atoms with van der Waals surface area (Å²) in [5.41, 5.74) is 6.65. The van der Waals surface area contributed by atoms with Crippen molar-refractivity contribution in [2.75, 3.05) is 19.6 Å². The molecule has 72 valence electrons. The molecule has 4 N–H and O–H groups in total. The number of nitrogens with one attached hydrogen (secondary N) is 2. The van der Waals surface area contributed by atoms with Gasteiger partial charge in [0.15, 0.2) is 0 Å². The zero-order valence-electron chi connectivity index (χ0n) is 7.52. The summed E-state index contributed by atoms with van der Waals surface area (Å²) in [4.78, 5) is 21.6. The molecule has 0 aromatic carbocycles. The van der Waals surface area contributed by atoms with E-state index < -0.39 is 5.91 Å². The van der Waals surface area contributed by atoms with Gasteiger partial charge in [-0.2, -0.15) is 0 Å². The monoisotopic (exact) mass is 183 g/mol. The Morgan fingerprint density at radius 2 is 2.15 bits per heavy atom. The molecule has 2 amide bonds. The first kappa shape index (κ1) is 9.73. The number of primary amides is 1. The van der Waals surface area contributed by atoms with Gasteiger partial charge in [-0.05, 0) is 12.5 Å². The highest BCUT2D eigenvalue weighted by atomic mass is 16.2. The minimum Gasteiger partial charge on any atom is -0.368 e. The number of hydrogen-bond donors (Lipinski definition) is 3. The van der Waals surface area contributed by atoms with Crippen LogP contribution in [0.2, 0.25) is 0 Å². The average molecular weight is 183 g/mol. The summed E-state index contributed by atoms with van der Waals surface area (Å²) in [6.45, 7) is 3.16. The Hall–Kier alpha value is -1.36. The van der Waals surface area contributed by atoms with Crippen molar-refractivity contribution in [3.8, 4) is 0 Å². The molecule has 13 heavy (non-hydrogen) atoms. The summed E-state index contributed by atoms with van der Waals surface area (Å²) >= 11 is 0. The number of carbonyl (C=O) groups excluding carboxylic acids is 2. The molecule has 1 aliphatic rings. The van der Waals surface area contributed by atoms with Crippen LogP contribution in [0.4, 0.5) is 0 Å². The van der Waals surface area contributed by atoms with Gasteiger partial charge in [0.05, 0.1) is 6.54 Å². The maximum absolute atomic E-state index is 11.3. The van der Waals surface area contributed by atoms with E-state index in [2.05, 4.69) is 10.6 Å². The molecule has 0 atom stereocenters. The molecule has 0 aliphatic carbocycles. The van der Waals surface area contributed by atoms with E-state index >= 15 is 0 Å². The predicted octanol–water partition coefficient (Wildman–Crippen LogP) is -1.49. The summed E-state index contributed by atoms with van der Waals surface area (Å²) in [5.74, 6) is -0.742. The van der Waals surface area contributed by atoms with Gasteiger partial charge in [0.2, 0.25) is 11.8 Å².